The first-order chi connectivity index (χ1) is 7.08. The van der Waals surface area contributed by atoms with Gasteiger partial charge in [0.25, 0.3) is 0 Å². The van der Waals surface area contributed by atoms with E-state index in [1.54, 1.807) is 7.11 Å². The van der Waals surface area contributed by atoms with Crippen LogP contribution in [-0.4, -0.2) is 25.7 Å². The van der Waals surface area contributed by atoms with Gasteiger partial charge in [-0.2, -0.15) is 0 Å². The highest BCUT2D eigenvalue weighted by Gasteiger charge is 2.06. The first-order valence-electron chi connectivity index (χ1n) is 5.11. The zero-order valence-electron chi connectivity index (χ0n) is 10.0. The minimum absolute atomic E-state index is 0.574. The van der Waals surface area contributed by atoms with Crippen LogP contribution in [0, 0.1) is 13.8 Å². The minimum atomic E-state index is 0.574. The van der Waals surface area contributed by atoms with Crippen molar-refractivity contribution in [1.82, 2.24) is 4.90 Å². The molecule has 0 aromatic heterocycles. The van der Waals surface area contributed by atoms with Crippen LogP contribution in [-0.2, 0) is 6.54 Å². The smallest absolute Gasteiger partial charge is 0.122 e. The molecule has 0 heterocycles. The van der Waals surface area contributed by atoms with Crippen LogP contribution in [0.15, 0.2) is 12.1 Å². The van der Waals surface area contributed by atoms with E-state index in [1.807, 2.05) is 7.05 Å². The van der Waals surface area contributed by atoms with E-state index >= 15 is 0 Å². The van der Waals surface area contributed by atoms with Crippen molar-refractivity contribution in [3.63, 3.8) is 0 Å². The molecule has 0 saturated heterocycles. The number of nitrogens with zero attached hydrogens (tertiary/aromatic N) is 1. The molecule has 0 radical (unpaired) electrons. The first-order valence-corrected chi connectivity index (χ1v) is 5.11. The summed E-state index contributed by atoms with van der Waals surface area (Å²) in [6.07, 6.45) is 0. The second-order valence-electron chi connectivity index (χ2n) is 3.95. The predicted octanol–water partition coefficient (Wildman–Crippen LogP) is 1.66. The van der Waals surface area contributed by atoms with Crippen molar-refractivity contribution >= 4 is 0 Å². The number of benzene rings is 1. The highest BCUT2D eigenvalue weighted by Crippen LogP contribution is 2.23. The fraction of sp³-hybridized carbons (Fsp3) is 0.500. The van der Waals surface area contributed by atoms with Crippen LogP contribution in [0.5, 0.6) is 5.75 Å². The van der Waals surface area contributed by atoms with Gasteiger partial charge in [0.2, 0.25) is 0 Å². The molecule has 15 heavy (non-hydrogen) atoms. The molecule has 0 fully saturated rings. The zero-order chi connectivity index (χ0) is 11.4. The van der Waals surface area contributed by atoms with Gasteiger partial charge >= 0.3 is 0 Å². The molecule has 0 aliphatic carbocycles. The van der Waals surface area contributed by atoms with Crippen LogP contribution >= 0.6 is 0 Å². The molecular formula is C12H20N2O. The lowest BCUT2D eigenvalue weighted by Gasteiger charge is -2.17. The van der Waals surface area contributed by atoms with E-state index in [0.717, 1.165) is 12.3 Å². The summed E-state index contributed by atoms with van der Waals surface area (Å²) < 4.78 is 5.27. The van der Waals surface area contributed by atoms with E-state index in [4.69, 9.17) is 10.5 Å². The Labute approximate surface area is 91.8 Å². The lowest BCUT2D eigenvalue weighted by molar-refractivity contribution is 0.336. The SMILES string of the molecule is COc1cc(C)c(CN(C)CN)cc1C. The van der Waals surface area contributed by atoms with Crippen molar-refractivity contribution in [3.8, 4) is 5.75 Å². The van der Waals surface area contributed by atoms with Crippen LogP contribution in [0.1, 0.15) is 16.7 Å². The molecule has 1 aromatic carbocycles. The van der Waals surface area contributed by atoms with Crippen molar-refractivity contribution in [2.75, 3.05) is 20.8 Å². The van der Waals surface area contributed by atoms with Crippen molar-refractivity contribution in [2.24, 2.45) is 5.73 Å². The second kappa shape index (κ2) is 5.14. The Kier molecular flexibility index (Phi) is 4.12. The predicted molar refractivity (Wildman–Crippen MR) is 63.0 cm³/mol. The van der Waals surface area contributed by atoms with E-state index in [-0.39, 0.29) is 0 Å². The number of rotatable bonds is 4. The first kappa shape index (κ1) is 12.0. The summed E-state index contributed by atoms with van der Waals surface area (Å²) in [5, 5.41) is 0. The van der Waals surface area contributed by atoms with Crippen LogP contribution in [0.3, 0.4) is 0 Å². The number of nitrogens with two attached hydrogens (primary N) is 1. The monoisotopic (exact) mass is 208 g/mol. The largest absolute Gasteiger partial charge is 0.496 e. The lowest BCUT2D eigenvalue weighted by atomic mass is 10.0. The van der Waals surface area contributed by atoms with Gasteiger partial charge in [-0.3, -0.25) is 4.90 Å². The second-order valence-corrected chi connectivity index (χ2v) is 3.95. The lowest BCUT2D eigenvalue weighted by Crippen LogP contribution is -2.25. The fourth-order valence-electron chi connectivity index (χ4n) is 1.60. The highest BCUT2D eigenvalue weighted by atomic mass is 16.5. The van der Waals surface area contributed by atoms with Gasteiger partial charge in [-0.1, -0.05) is 6.07 Å². The van der Waals surface area contributed by atoms with Gasteiger partial charge < -0.3 is 10.5 Å². The molecule has 1 aromatic rings. The number of aryl methyl sites for hydroxylation is 2. The van der Waals surface area contributed by atoms with E-state index in [2.05, 4.69) is 30.9 Å². The van der Waals surface area contributed by atoms with Gasteiger partial charge in [-0.25, -0.2) is 0 Å². The van der Waals surface area contributed by atoms with Crippen molar-refractivity contribution < 1.29 is 4.74 Å². The Bertz CT molecular complexity index is 337. The molecule has 3 nitrogen and oxygen atoms in total. The van der Waals surface area contributed by atoms with Gasteiger partial charge in [0.05, 0.1) is 7.11 Å². The normalized spacial score (nSPS) is 10.8. The number of methoxy groups -OCH3 is 1. The highest BCUT2D eigenvalue weighted by molar-refractivity contribution is 5.41. The van der Waals surface area contributed by atoms with E-state index in [9.17, 15) is 0 Å². The van der Waals surface area contributed by atoms with Crippen LogP contribution in [0.2, 0.25) is 0 Å². The maximum absolute atomic E-state index is 5.57. The van der Waals surface area contributed by atoms with Gasteiger partial charge in [0, 0.05) is 13.2 Å². The molecule has 84 valence electrons. The van der Waals surface area contributed by atoms with Crippen molar-refractivity contribution in [3.05, 3.63) is 28.8 Å². The summed E-state index contributed by atoms with van der Waals surface area (Å²) in [5.41, 5.74) is 9.29. The molecule has 2 N–H and O–H groups in total. The third-order valence-electron chi connectivity index (χ3n) is 2.61. The third-order valence-corrected chi connectivity index (χ3v) is 2.61. The van der Waals surface area contributed by atoms with E-state index in [0.29, 0.717) is 6.67 Å². The summed E-state index contributed by atoms with van der Waals surface area (Å²) in [5.74, 6) is 0.951. The zero-order valence-corrected chi connectivity index (χ0v) is 10.0. The molecule has 1 rings (SSSR count). The summed E-state index contributed by atoms with van der Waals surface area (Å²) in [4.78, 5) is 2.08. The maximum Gasteiger partial charge on any atom is 0.122 e. The van der Waals surface area contributed by atoms with Gasteiger partial charge in [-0.05, 0) is 43.7 Å². The Morgan fingerprint density at radius 3 is 2.47 bits per heavy atom. The Morgan fingerprint density at radius 1 is 1.27 bits per heavy atom. The molecule has 0 spiro atoms. The Balaban J connectivity index is 2.95. The molecule has 3 heteroatoms. The summed E-state index contributed by atoms with van der Waals surface area (Å²) >= 11 is 0. The van der Waals surface area contributed by atoms with Crippen LogP contribution in [0.25, 0.3) is 0 Å². The average molecular weight is 208 g/mol. The molecule has 0 unspecified atom stereocenters. The van der Waals surface area contributed by atoms with Gasteiger partial charge in [0.1, 0.15) is 5.75 Å². The average Bonchev–Trinajstić information content (AvgIpc) is 2.22. The molecule has 0 bridgehead atoms. The topological polar surface area (TPSA) is 38.5 Å². The fourth-order valence-corrected chi connectivity index (χ4v) is 1.60. The standard InChI is InChI=1S/C12H20N2O/c1-9-6-12(15-4)10(2)5-11(9)7-14(3)8-13/h5-6H,7-8,13H2,1-4H3. The Hall–Kier alpha value is -1.06. The summed E-state index contributed by atoms with van der Waals surface area (Å²) in [7, 11) is 3.71. The molecular weight excluding hydrogens is 188 g/mol. The van der Waals surface area contributed by atoms with Crippen molar-refractivity contribution in [2.45, 2.75) is 20.4 Å². The molecule has 0 aliphatic heterocycles. The quantitative estimate of drug-likeness (QED) is 0.765. The van der Waals surface area contributed by atoms with E-state index in [1.165, 1.54) is 16.7 Å². The van der Waals surface area contributed by atoms with Crippen molar-refractivity contribution in [1.29, 1.82) is 0 Å². The number of ether oxygens (including phenoxy) is 1. The van der Waals surface area contributed by atoms with Gasteiger partial charge in [-0.15, -0.1) is 0 Å². The number of hydrogen-bond donors (Lipinski definition) is 1. The summed E-state index contributed by atoms with van der Waals surface area (Å²) in [6.45, 7) is 5.61. The molecule has 0 saturated carbocycles. The molecule has 0 aliphatic rings. The van der Waals surface area contributed by atoms with Gasteiger partial charge in [0.15, 0.2) is 0 Å². The van der Waals surface area contributed by atoms with Crippen LogP contribution in [0.4, 0.5) is 0 Å². The third kappa shape index (κ3) is 2.94. The minimum Gasteiger partial charge on any atom is -0.496 e. The summed E-state index contributed by atoms with van der Waals surface area (Å²) in [6, 6.07) is 4.25. The van der Waals surface area contributed by atoms with E-state index < -0.39 is 0 Å². The Morgan fingerprint density at radius 2 is 1.93 bits per heavy atom. The maximum atomic E-state index is 5.57. The molecule has 0 atom stereocenters. The number of hydrogen-bond acceptors (Lipinski definition) is 3. The molecule has 0 amide bonds. The van der Waals surface area contributed by atoms with Crippen LogP contribution < -0.4 is 10.5 Å².